The number of ketones is 1. The molecule has 2 heterocycles. The number of anilines is 1. The van der Waals surface area contributed by atoms with Crippen molar-refractivity contribution in [1.82, 2.24) is 0 Å². The van der Waals surface area contributed by atoms with E-state index in [-0.39, 0.29) is 29.2 Å². The number of hydrogen-bond donors (Lipinski definition) is 0. The number of nitrogens with zero attached hydrogens (tertiary/aromatic N) is 3. The maximum Gasteiger partial charge on any atom is 0.269 e. The number of nitro benzene ring substituents is 1. The minimum absolute atomic E-state index is 0.0244. The van der Waals surface area contributed by atoms with Crippen LogP contribution < -0.4 is 4.90 Å². The molecule has 0 fully saturated rings. The smallest absolute Gasteiger partial charge is 0.269 e. The number of thiophene rings is 1. The highest BCUT2D eigenvalue weighted by Crippen LogP contribution is 2.51. The minimum Gasteiger partial charge on any atom is -0.294 e. The summed E-state index contributed by atoms with van der Waals surface area (Å²) >= 11 is 1.53. The number of aryl methyl sites for hydroxylation is 1. The summed E-state index contributed by atoms with van der Waals surface area (Å²) < 4.78 is 0. The molecule has 1 aliphatic heterocycles. The second-order valence-corrected chi connectivity index (χ2v) is 11.9. The number of rotatable bonds is 3. The largest absolute Gasteiger partial charge is 0.294 e. The van der Waals surface area contributed by atoms with Crippen molar-refractivity contribution in [2.75, 3.05) is 4.90 Å². The van der Waals surface area contributed by atoms with E-state index >= 15 is 0 Å². The number of benzene rings is 1. The Bertz CT molecular complexity index is 1350. The van der Waals surface area contributed by atoms with Crippen LogP contribution in [0.2, 0.25) is 0 Å². The van der Waals surface area contributed by atoms with Crippen LogP contribution in [0.5, 0.6) is 0 Å². The Morgan fingerprint density at radius 2 is 1.89 bits per heavy atom. The van der Waals surface area contributed by atoms with Gasteiger partial charge in [0.2, 0.25) is 5.91 Å². The third-order valence-corrected chi connectivity index (χ3v) is 8.87. The number of fused-ring (bicyclic) bond motifs is 1. The van der Waals surface area contributed by atoms with Crippen molar-refractivity contribution >= 4 is 33.7 Å². The van der Waals surface area contributed by atoms with Gasteiger partial charge in [-0.15, -0.1) is 11.3 Å². The Labute approximate surface area is 214 Å². The van der Waals surface area contributed by atoms with Gasteiger partial charge in [-0.3, -0.25) is 24.6 Å². The molecule has 8 heteroatoms. The van der Waals surface area contributed by atoms with E-state index in [0.29, 0.717) is 40.2 Å². The van der Waals surface area contributed by atoms with Crippen LogP contribution in [0.1, 0.15) is 86.3 Å². The number of carbonyl (C=O) groups excluding carboxylic acids is 2. The normalized spacial score (nSPS) is 21.8. The number of nitriles is 1. The lowest BCUT2D eigenvalue weighted by molar-refractivity contribution is -0.384. The maximum atomic E-state index is 13.8. The summed E-state index contributed by atoms with van der Waals surface area (Å²) in [6, 6.07) is 8.65. The van der Waals surface area contributed by atoms with Crippen molar-refractivity contribution in [3.05, 3.63) is 67.2 Å². The van der Waals surface area contributed by atoms with Gasteiger partial charge in [-0.1, -0.05) is 38.8 Å². The van der Waals surface area contributed by atoms with E-state index in [4.69, 9.17) is 0 Å². The van der Waals surface area contributed by atoms with Gasteiger partial charge in [0.15, 0.2) is 5.78 Å². The predicted octanol–water partition coefficient (Wildman–Crippen LogP) is 6.35. The zero-order valence-corrected chi connectivity index (χ0v) is 21.5. The summed E-state index contributed by atoms with van der Waals surface area (Å²) in [6.07, 6.45) is 7.07. The second kappa shape index (κ2) is 9.29. The van der Waals surface area contributed by atoms with Crippen LogP contribution in [0, 0.1) is 26.9 Å². The number of allylic oxidation sites excluding steroid dienone is 2. The molecule has 0 unspecified atom stereocenters. The molecule has 5 rings (SSSR count). The SMILES string of the molecule is CC1(C)CC(=O)C2=C(C1)N(c1sc3c(c1C#N)CCCCCC3)C(=O)C[C@@H]2c1cccc([N+](=O)[O-])c1. The Morgan fingerprint density at radius 3 is 2.61 bits per heavy atom. The predicted molar refractivity (Wildman–Crippen MR) is 138 cm³/mol. The molecule has 1 aromatic heterocycles. The van der Waals surface area contributed by atoms with Crippen molar-refractivity contribution in [3.63, 3.8) is 0 Å². The molecule has 1 aromatic carbocycles. The van der Waals surface area contributed by atoms with E-state index in [9.17, 15) is 25.0 Å². The lowest BCUT2D eigenvalue weighted by atomic mass is 9.69. The van der Waals surface area contributed by atoms with Gasteiger partial charge in [0.1, 0.15) is 11.1 Å². The lowest BCUT2D eigenvalue weighted by Crippen LogP contribution is -2.43. The summed E-state index contributed by atoms with van der Waals surface area (Å²) in [5.41, 5.74) is 3.08. The topological polar surface area (TPSA) is 104 Å². The van der Waals surface area contributed by atoms with Gasteiger partial charge in [-0.05, 0) is 48.6 Å². The molecule has 0 N–H and O–H groups in total. The molecule has 0 bridgehead atoms. The van der Waals surface area contributed by atoms with E-state index < -0.39 is 10.8 Å². The van der Waals surface area contributed by atoms with Crippen molar-refractivity contribution < 1.29 is 14.5 Å². The summed E-state index contributed by atoms with van der Waals surface area (Å²) in [6.45, 7) is 4.04. The Morgan fingerprint density at radius 1 is 1.14 bits per heavy atom. The molecule has 1 atom stereocenters. The van der Waals surface area contributed by atoms with E-state index in [1.54, 1.807) is 17.0 Å². The fraction of sp³-hybridized carbons (Fsp3) is 0.464. The minimum atomic E-state index is -0.529. The van der Waals surface area contributed by atoms with Gasteiger partial charge in [-0.25, -0.2) is 0 Å². The molecule has 2 aliphatic carbocycles. The molecule has 0 radical (unpaired) electrons. The average Bonchev–Trinajstić information content (AvgIpc) is 3.13. The van der Waals surface area contributed by atoms with E-state index in [1.807, 2.05) is 13.8 Å². The summed E-state index contributed by atoms with van der Waals surface area (Å²) in [4.78, 5) is 41.2. The first-order valence-corrected chi connectivity index (χ1v) is 13.4. The van der Waals surface area contributed by atoms with Gasteiger partial charge >= 0.3 is 0 Å². The number of nitro groups is 1. The van der Waals surface area contributed by atoms with Crippen LogP contribution in [-0.2, 0) is 22.4 Å². The van der Waals surface area contributed by atoms with Crippen LogP contribution in [0.3, 0.4) is 0 Å². The highest BCUT2D eigenvalue weighted by Gasteiger charge is 2.45. The number of non-ortho nitro benzene ring substituents is 1. The van der Waals surface area contributed by atoms with Crippen LogP contribution in [0.4, 0.5) is 10.7 Å². The Kier molecular flexibility index (Phi) is 6.29. The molecule has 1 amide bonds. The maximum absolute atomic E-state index is 13.8. The third-order valence-electron chi connectivity index (χ3n) is 7.59. The molecule has 36 heavy (non-hydrogen) atoms. The zero-order chi connectivity index (χ0) is 25.6. The summed E-state index contributed by atoms with van der Waals surface area (Å²) in [7, 11) is 0. The molecular weight excluding hydrogens is 474 g/mol. The first-order chi connectivity index (χ1) is 17.2. The van der Waals surface area contributed by atoms with Crippen molar-refractivity contribution in [3.8, 4) is 6.07 Å². The fourth-order valence-corrected chi connectivity index (χ4v) is 7.35. The molecule has 0 saturated heterocycles. The second-order valence-electron chi connectivity index (χ2n) is 10.8. The van der Waals surface area contributed by atoms with Crippen molar-refractivity contribution in [1.29, 1.82) is 5.26 Å². The fourth-order valence-electron chi connectivity index (χ4n) is 5.97. The number of Topliss-reactive ketones (excluding diaryl/α,β-unsaturated/α-hetero) is 1. The van der Waals surface area contributed by atoms with Crippen LogP contribution in [0.25, 0.3) is 0 Å². The molecule has 0 saturated carbocycles. The first kappa shape index (κ1) is 24.4. The molecule has 0 spiro atoms. The van der Waals surface area contributed by atoms with Gasteiger partial charge in [0, 0.05) is 47.0 Å². The monoisotopic (exact) mass is 503 g/mol. The quantitative estimate of drug-likeness (QED) is 0.358. The number of carbonyl (C=O) groups is 2. The van der Waals surface area contributed by atoms with Crippen LogP contribution in [-0.4, -0.2) is 16.6 Å². The number of hydrogen-bond acceptors (Lipinski definition) is 6. The first-order valence-electron chi connectivity index (χ1n) is 12.6. The lowest BCUT2D eigenvalue weighted by Gasteiger charge is -2.42. The average molecular weight is 504 g/mol. The van der Waals surface area contributed by atoms with E-state index in [1.165, 1.54) is 34.8 Å². The van der Waals surface area contributed by atoms with Gasteiger partial charge in [0.05, 0.1) is 10.5 Å². The number of amides is 1. The molecular formula is C28H29N3O4S. The van der Waals surface area contributed by atoms with Gasteiger partial charge < -0.3 is 0 Å². The Balaban J connectivity index is 1.69. The third kappa shape index (κ3) is 4.26. The van der Waals surface area contributed by atoms with Crippen LogP contribution >= 0.6 is 11.3 Å². The van der Waals surface area contributed by atoms with Crippen molar-refractivity contribution in [2.24, 2.45) is 5.41 Å². The molecule has 186 valence electrons. The summed E-state index contributed by atoms with van der Waals surface area (Å²) in [5, 5.41) is 22.2. The standard InChI is InChI=1S/C28H29N3O4S/c1-28(2)14-22-26(23(32)15-28)20(17-8-7-9-18(12-17)31(34)35)13-25(33)30(22)27-21(16-29)19-10-5-3-4-6-11-24(19)36-27/h7-9,12,20H,3-6,10-11,13-15H2,1-2H3/t20-/m1/s1. The van der Waals surface area contributed by atoms with Gasteiger partial charge in [-0.2, -0.15) is 5.26 Å². The summed E-state index contributed by atoms with van der Waals surface area (Å²) in [5.74, 6) is -0.719. The molecule has 3 aliphatic rings. The van der Waals surface area contributed by atoms with Gasteiger partial charge in [0.25, 0.3) is 5.69 Å². The highest BCUT2D eigenvalue weighted by molar-refractivity contribution is 7.16. The highest BCUT2D eigenvalue weighted by atomic mass is 32.1. The molecule has 2 aromatic rings. The van der Waals surface area contributed by atoms with E-state index in [2.05, 4.69) is 6.07 Å². The zero-order valence-electron chi connectivity index (χ0n) is 20.6. The van der Waals surface area contributed by atoms with E-state index in [0.717, 1.165) is 37.7 Å². The molecule has 7 nitrogen and oxygen atoms in total. The Hall–Kier alpha value is -3.31. The van der Waals surface area contributed by atoms with Crippen molar-refractivity contribution in [2.45, 2.75) is 77.6 Å². The van der Waals surface area contributed by atoms with Crippen LogP contribution in [0.15, 0.2) is 35.5 Å².